The number of furan rings is 1. The first kappa shape index (κ1) is 23.8. The summed E-state index contributed by atoms with van der Waals surface area (Å²) >= 11 is 6.61. The van der Waals surface area contributed by atoms with Crippen molar-refractivity contribution in [3.63, 3.8) is 0 Å². The number of carbonyl (C=O) groups excluding carboxylic acids is 1. The lowest BCUT2D eigenvalue weighted by Crippen LogP contribution is -2.18. The highest BCUT2D eigenvalue weighted by Crippen LogP contribution is 2.36. The number of carbonyl (C=O) groups is 1. The van der Waals surface area contributed by atoms with Crippen molar-refractivity contribution in [2.24, 2.45) is 0 Å². The molecule has 1 N–H and O–H groups in total. The number of thioether (sulfide) groups is 1. The van der Waals surface area contributed by atoms with Crippen LogP contribution >= 0.6 is 23.4 Å². The van der Waals surface area contributed by atoms with E-state index < -0.39 is 29.2 Å². The van der Waals surface area contributed by atoms with Crippen molar-refractivity contribution < 1.29 is 26.8 Å². The van der Waals surface area contributed by atoms with Crippen molar-refractivity contribution in [3.8, 4) is 11.4 Å². The van der Waals surface area contributed by atoms with Gasteiger partial charge in [-0.05, 0) is 42.5 Å². The van der Waals surface area contributed by atoms with Crippen LogP contribution in [0.5, 0.6) is 0 Å². The summed E-state index contributed by atoms with van der Waals surface area (Å²) in [6.07, 6.45) is -3.22. The number of hydrogen-bond acceptors (Lipinski definition) is 5. The van der Waals surface area contributed by atoms with Crippen molar-refractivity contribution in [1.82, 2.24) is 14.8 Å². The highest BCUT2D eigenvalue weighted by molar-refractivity contribution is 7.99. The van der Waals surface area contributed by atoms with Crippen LogP contribution in [0, 0.1) is 5.82 Å². The van der Waals surface area contributed by atoms with Gasteiger partial charge in [0.15, 0.2) is 11.0 Å². The molecular formula is C22H15ClF4N4O2S. The summed E-state index contributed by atoms with van der Waals surface area (Å²) in [6, 6.07) is 12.5. The minimum Gasteiger partial charge on any atom is -0.467 e. The predicted octanol–water partition coefficient (Wildman–Crippen LogP) is 6.13. The van der Waals surface area contributed by atoms with Gasteiger partial charge in [-0.3, -0.25) is 9.36 Å². The Morgan fingerprint density at radius 1 is 1.12 bits per heavy atom. The van der Waals surface area contributed by atoms with Gasteiger partial charge in [0.25, 0.3) is 0 Å². The van der Waals surface area contributed by atoms with Gasteiger partial charge in [-0.2, -0.15) is 13.2 Å². The number of halogens is 5. The van der Waals surface area contributed by atoms with E-state index in [0.29, 0.717) is 5.76 Å². The van der Waals surface area contributed by atoms with E-state index in [2.05, 4.69) is 15.5 Å². The van der Waals surface area contributed by atoms with Crippen molar-refractivity contribution in [1.29, 1.82) is 0 Å². The van der Waals surface area contributed by atoms with Gasteiger partial charge >= 0.3 is 6.18 Å². The lowest BCUT2D eigenvalue weighted by molar-refractivity contribution is -0.137. The van der Waals surface area contributed by atoms with E-state index in [1.165, 1.54) is 24.5 Å². The third kappa shape index (κ3) is 5.42. The number of anilines is 1. The molecule has 1 amide bonds. The summed E-state index contributed by atoms with van der Waals surface area (Å²) < 4.78 is 61.2. The van der Waals surface area contributed by atoms with E-state index in [1.807, 2.05) is 0 Å². The zero-order valence-corrected chi connectivity index (χ0v) is 18.7. The number of rotatable bonds is 7. The van der Waals surface area contributed by atoms with Gasteiger partial charge in [-0.1, -0.05) is 35.5 Å². The lowest BCUT2D eigenvalue weighted by atomic mass is 10.1. The molecule has 12 heteroatoms. The van der Waals surface area contributed by atoms with Gasteiger partial charge < -0.3 is 9.73 Å². The highest BCUT2D eigenvalue weighted by Gasteiger charge is 2.34. The molecule has 6 nitrogen and oxygen atoms in total. The van der Waals surface area contributed by atoms with Crippen molar-refractivity contribution in [2.75, 3.05) is 11.1 Å². The fraction of sp³-hybridized carbons (Fsp3) is 0.136. The molecule has 0 aliphatic carbocycles. The summed E-state index contributed by atoms with van der Waals surface area (Å²) in [5.74, 6) is -0.715. The molecule has 0 atom stereocenters. The normalized spacial score (nSPS) is 11.6. The monoisotopic (exact) mass is 510 g/mol. The Labute approximate surface area is 199 Å². The summed E-state index contributed by atoms with van der Waals surface area (Å²) in [7, 11) is 0. The molecule has 0 radical (unpaired) electrons. The largest absolute Gasteiger partial charge is 0.467 e. The maximum Gasteiger partial charge on any atom is 0.418 e. The van der Waals surface area contributed by atoms with Crippen LogP contribution in [-0.2, 0) is 17.5 Å². The van der Waals surface area contributed by atoms with Crippen LogP contribution in [-0.4, -0.2) is 26.4 Å². The number of hydrogen-bond donors (Lipinski definition) is 1. The Balaban J connectivity index is 1.55. The minimum absolute atomic E-state index is 0.105. The second-order valence-corrected chi connectivity index (χ2v) is 8.35. The lowest BCUT2D eigenvalue weighted by Gasteiger charge is -2.14. The minimum atomic E-state index is -4.70. The van der Waals surface area contributed by atoms with Crippen LogP contribution in [0.4, 0.5) is 23.2 Å². The second kappa shape index (κ2) is 9.90. The van der Waals surface area contributed by atoms with E-state index in [-0.39, 0.29) is 33.9 Å². The van der Waals surface area contributed by atoms with Crippen LogP contribution in [0.2, 0.25) is 5.02 Å². The highest BCUT2D eigenvalue weighted by atomic mass is 35.5. The first-order valence-corrected chi connectivity index (χ1v) is 11.1. The fourth-order valence-corrected chi connectivity index (χ4v) is 4.02. The Bertz CT molecular complexity index is 1310. The Hall–Kier alpha value is -3.31. The molecule has 4 rings (SSSR count). The van der Waals surface area contributed by atoms with Gasteiger partial charge in [0.1, 0.15) is 11.6 Å². The van der Waals surface area contributed by atoms with Crippen LogP contribution in [0.25, 0.3) is 11.4 Å². The number of aromatic nitrogens is 3. The first-order chi connectivity index (χ1) is 16.2. The zero-order chi connectivity index (χ0) is 24.3. The van der Waals surface area contributed by atoms with Crippen LogP contribution in [0.3, 0.4) is 0 Å². The van der Waals surface area contributed by atoms with Crippen LogP contribution in [0.1, 0.15) is 11.3 Å². The molecule has 0 spiro atoms. The molecule has 2 aromatic heterocycles. The smallest absolute Gasteiger partial charge is 0.418 e. The Morgan fingerprint density at radius 3 is 2.62 bits per heavy atom. The summed E-state index contributed by atoms with van der Waals surface area (Å²) in [5.41, 5.74) is -1.26. The second-order valence-electron chi connectivity index (χ2n) is 6.98. The van der Waals surface area contributed by atoms with Gasteiger partial charge in [0, 0.05) is 5.02 Å². The molecule has 2 aromatic carbocycles. The van der Waals surface area contributed by atoms with Crippen molar-refractivity contribution in [2.45, 2.75) is 17.9 Å². The molecule has 4 aromatic rings. The fourth-order valence-electron chi connectivity index (χ4n) is 3.11. The summed E-state index contributed by atoms with van der Waals surface area (Å²) in [6.45, 7) is 0.156. The average molecular weight is 511 g/mol. The predicted molar refractivity (Wildman–Crippen MR) is 119 cm³/mol. The Morgan fingerprint density at radius 2 is 1.91 bits per heavy atom. The summed E-state index contributed by atoms with van der Waals surface area (Å²) in [5, 5.41) is 10.5. The van der Waals surface area contributed by atoms with Crippen molar-refractivity contribution in [3.05, 3.63) is 83.0 Å². The molecule has 176 valence electrons. The number of amides is 1. The molecule has 0 bridgehead atoms. The quantitative estimate of drug-likeness (QED) is 0.239. The SMILES string of the molecule is O=C(CSc1nnc(-c2ccccc2F)n1Cc1ccco1)Nc1ccc(Cl)cc1C(F)(F)F. The van der Waals surface area contributed by atoms with Gasteiger partial charge in [0.2, 0.25) is 5.91 Å². The Kier molecular flexibility index (Phi) is 6.94. The number of benzene rings is 2. The van der Waals surface area contributed by atoms with E-state index in [9.17, 15) is 22.4 Å². The standard InChI is InChI=1S/C22H15ClF4N4O2S/c23-13-7-8-18(16(10-13)22(25,26)27)28-19(32)12-34-21-30-29-20(15-5-1-2-6-17(15)24)31(21)11-14-4-3-9-33-14/h1-10H,11-12H2,(H,28,32). The van der Waals surface area contributed by atoms with Crippen LogP contribution < -0.4 is 5.32 Å². The molecule has 0 fully saturated rings. The molecule has 2 heterocycles. The molecule has 0 aliphatic heterocycles. The molecule has 0 saturated heterocycles. The van der Waals surface area contributed by atoms with Gasteiger partial charge in [-0.15, -0.1) is 10.2 Å². The maximum absolute atomic E-state index is 14.4. The van der Waals surface area contributed by atoms with E-state index >= 15 is 0 Å². The molecular weight excluding hydrogens is 496 g/mol. The maximum atomic E-state index is 14.4. The van der Waals surface area contributed by atoms with Crippen molar-refractivity contribution >= 4 is 35.0 Å². The van der Waals surface area contributed by atoms with E-state index in [4.69, 9.17) is 16.0 Å². The van der Waals surface area contributed by atoms with Gasteiger partial charge in [0.05, 0.1) is 35.4 Å². The summed E-state index contributed by atoms with van der Waals surface area (Å²) in [4.78, 5) is 12.4. The van der Waals surface area contributed by atoms with Crippen LogP contribution in [0.15, 0.2) is 70.4 Å². The molecule has 0 unspecified atom stereocenters. The number of alkyl halides is 3. The third-order valence-electron chi connectivity index (χ3n) is 4.62. The molecule has 34 heavy (non-hydrogen) atoms. The average Bonchev–Trinajstić information content (AvgIpc) is 3.44. The zero-order valence-electron chi connectivity index (χ0n) is 17.1. The molecule has 0 saturated carbocycles. The molecule has 0 aliphatic rings. The van der Waals surface area contributed by atoms with E-state index in [1.54, 1.807) is 28.8 Å². The number of nitrogens with zero attached hydrogens (tertiary/aromatic N) is 3. The third-order valence-corrected chi connectivity index (χ3v) is 5.82. The number of nitrogens with one attached hydrogen (secondary N) is 1. The van der Waals surface area contributed by atoms with Gasteiger partial charge in [-0.25, -0.2) is 4.39 Å². The van der Waals surface area contributed by atoms with E-state index in [0.717, 1.165) is 23.9 Å². The first-order valence-electron chi connectivity index (χ1n) is 9.72. The topological polar surface area (TPSA) is 73.0 Å².